The van der Waals surface area contributed by atoms with E-state index in [-0.39, 0.29) is 11.2 Å². The maximum atomic E-state index is 13.2. The number of halogens is 2. The zero-order chi connectivity index (χ0) is 23.4. The Kier molecular flexibility index (Phi) is 4.80. The lowest BCUT2D eigenvalue weighted by molar-refractivity contribution is 0.481. The summed E-state index contributed by atoms with van der Waals surface area (Å²) in [5.74, 6) is 0.924. The highest BCUT2D eigenvalue weighted by molar-refractivity contribution is 6.39. The summed E-state index contributed by atoms with van der Waals surface area (Å²) in [5.41, 5.74) is 1.65. The third kappa shape index (κ3) is 3.23. The lowest BCUT2D eigenvalue weighted by Gasteiger charge is -2.20. The van der Waals surface area contributed by atoms with Crippen LogP contribution in [0.3, 0.4) is 0 Å². The number of aromatic hydroxyl groups is 1. The fourth-order valence-corrected chi connectivity index (χ4v) is 4.94. The van der Waals surface area contributed by atoms with Crippen molar-refractivity contribution in [3.05, 3.63) is 111 Å². The first kappa shape index (κ1) is 20.7. The van der Waals surface area contributed by atoms with Crippen molar-refractivity contribution in [2.45, 2.75) is 0 Å². The predicted octanol–water partition coefficient (Wildman–Crippen LogP) is 7.37. The first-order valence-corrected chi connectivity index (χ1v) is 11.3. The van der Waals surface area contributed by atoms with Crippen LogP contribution in [-0.4, -0.2) is 5.11 Å². The number of phenols is 1. The van der Waals surface area contributed by atoms with Gasteiger partial charge in [-0.3, -0.25) is 4.79 Å². The highest BCUT2D eigenvalue weighted by atomic mass is 35.5. The van der Waals surface area contributed by atoms with E-state index < -0.39 is 0 Å². The van der Waals surface area contributed by atoms with Gasteiger partial charge in [-0.05, 0) is 42.5 Å². The fraction of sp³-hybridized carbons (Fsp3) is 0. The van der Waals surface area contributed by atoms with Gasteiger partial charge in [0.25, 0.3) is 0 Å². The Morgan fingerprint density at radius 2 is 1.47 bits per heavy atom. The third-order valence-electron chi connectivity index (χ3n) is 5.86. The summed E-state index contributed by atoms with van der Waals surface area (Å²) in [7, 11) is 0. The summed E-state index contributed by atoms with van der Waals surface area (Å²) in [4.78, 5) is 17.9. The largest absolute Gasteiger partial charge is 0.507 e. The molecule has 0 unspecified atom stereocenters. The summed E-state index contributed by atoms with van der Waals surface area (Å²) in [6.45, 7) is 0. The Hall–Kier alpha value is -3.86. The van der Waals surface area contributed by atoms with Gasteiger partial charge in [0.1, 0.15) is 17.2 Å². The molecule has 0 heterocycles. The van der Waals surface area contributed by atoms with Crippen molar-refractivity contribution < 1.29 is 9.84 Å². The first-order valence-electron chi connectivity index (χ1n) is 10.5. The molecule has 6 rings (SSSR count). The van der Waals surface area contributed by atoms with Gasteiger partial charge < -0.3 is 9.84 Å². The summed E-state index contributed by atoms with van der Waals surface area (Å²) in [5, 5.41) is 14.2. The molecule has 6 heteroatoms. The van der Waals surface area contributed by atoms with Crippen LogP contribution >= 0.6 is 23.2 Å². The molecular formula is C28H15Cl2NO3. The Morgan fingerprint density at radius 3 is 2.21 bits per heavy atom. The zero-order valence-electron chi connectivity index (χ0n) is 17.5. The normalized spacial score (nSPS) is 12.2. The first-order chi connectivity index (χ1) is 16.5. The van der Waals surface area contributed by atoms with E-state index in [2.05, 4.69) is 0 Å². The third-order valence-corrected chi connectivity index (χ3v) is 6.49. The molecule has 4 aromatic rings. The minimum Gasteiger partial charge on any atom is -0.507 e. The molecule has 2 aliphatic carbocycles. The highest BCUT2D eigenvalue weighted by Gasteiger charge is 2.26. The van der Waals surface area contributed by atoms with E-state index in [1.807, 2.05) is 60.7 Å². The summed E-state index contributed by atoms with van der Waals surface area (Å²) in [6.07, 6.45) is 0. The van der Waals surface area contributed by atoms with Crippen LogP contribution in [0.25, 0.3) is 32.7 Å². The van der Waals surface area contributed by atoms with E-state index in [1.165, 1.54) is 12.1 Å². The molecule has 164 valence electrons. The van der Waals surface area contributed by atoms with E-state index in [0.717, 1.165) is 5.69 Å². The second-order valence-corrected chi connectivity index (χ2v) is 8.78. The van der Waals surface area contributed by atoms with Crippen LogP contribution in [0.15, 0.2) is 94.7 Å². The number of hydrogen-bond donors (Lipinski definition) is 1. The topological polar surface area (TPSA) is 58.9 Å². The van der Waals surface area contributed by atoms with Crippen molar-refractivity contribution in [1.82, 2.24) is 0 Å². The molecule has 0 radical (unpaired) electrons. The molecule has 0 amide bonds. The van der Waals surface area contributed by atoms with Crippen LogP contribution < -0.4 is 15.5 Å². The smallest absolute Gasteiger partial charge is 0.191 e. The zero-order valence-corrected chi connectivity index (χ0v) is 19.1. The Morgan fingerprint density at radius 1 is 0.765 bits per heavy atom. The SMILES string of the molecule is O=c1cc(Cl)c2cc(=Nc3ccccc3)c3c(O)cc(Cl)c4cc(Oc5ccccc5)c1c-2c43. The fourth-order valence-electron chi connectivity index (χ4n) is 4.44. The van der Waals surface area contributed by atoms with Crippen LogP contribution in [0.1, 0.15) is 0 Å². The van der Waals surface area contributed by atoms with Crippen LogP contribution in [0.4, 0.5) is 5.69 Å². The Balaban J connectivity index is 1.81. The number of ether oxygens (including phenoxy) is 1. The van der Waals surface area contributed by atoms with Crippen molar-refractivity contribution in [2.75, 3.05) is 0 Å². The maximum Gasteiger partial charge on any atom is 0.191 e. The standard InChI is InChI=1S/C28H15Cl2NO3/c29-19-14-23(33)28-24(34-16-9-5-2-6-10-16)12-18-20(30)13-22(32)27-21(11-17(19)26(28)25(18)27)31-15-7-3-1-4-8-15/h1-14,32H. The van der Waals surface area contributed by atoms with Crippen LogP contribution in [0.2, 0.25) is 10.0 Å². The molecule has 0 aromatic heterocycles. The van der Waals surface area contributed by atoms with Gasteiger partial charge in [-0.15, -0.1) is 0 Å². The molecule has 0 saturated carbocycles. The highest BCUT2D eigenvalue weighted by Crippen LogP contribution is 2.48. The monoisotopic (exact) mass is 483 g/mol. The predicted molar refractivity (Wildman–Crippen MR) is 137 cm³/mol. The minimum atomic E-state index is -0.279. The summed E-state index contributed by atoms with van der Waals surface area (Å²) in [6, 6.07) is 25.0. The van der Waals surface area contributed by atoms with E-state index in [9.17, 15) is 9.90 Å². The van der Waals surface area contributed by atoms with Gasteiger partial charge in [0.15, 0.2) is 5.43 Å². The van der Waals surface area contributed by atoms with E-state index in [0.29, 0.717) is 59.6 Å². The lowest BCUT2D eigenvalue weighted by atomic mass is 9.87. The second kappa shape index (κ2) is 7.87. The number of hydrogen-bond acceptors (Lipinski definition) is 4. The molecule has 4 nitrogen and oxygen atoms in total. The van der Waals surface area contributed by atoms with Crippen LogP contribution in [-0.2, 0) is 0 Å². The maximum absolute atomic E-state index is 13.2. The molecule has 34 heavy (non-hydrogen) atoms. The van der Waals surface area contributed by atoms with E-state index in [4.69, 9.17) is 32.9 Å². The molecule has 2 aliphatic rings. The molecule has 0 fully saturated rings. The number of phenolic OH excluding ortho intramolecular Hbond substituents is 1. The molecule has 0 bridgehead atoms. The molecule has 0 atom stereocenters. The van der Waals surface area contributed by atoms with Gasteiger partial charge in [-0.25, -0.2) is 4.99 Å². The Labute approximate surface area is 203 Å². The van der Waals surface area contributed by atoms with Crippen LogP contribution in [0, 0.1) is 0 Å². The Bertz CT molecular complexity index is 1770. The van der Waals surface area contributed by atoms with Crippen LogP contribution in [0.5, 0.6) is 17.2 Å². The molecule has 0 aliphatic heterocycles. The average molecular weight is 484 g/mol. The number of benzene rings is 6. The van der Waals surface area contributed by atoms with Crippen molar-refractivity contribution in [2.24, 2.45) is 4.99 Å². The van der Waals surface area contributed by atoms with Crippen molar-refractivity contribution in [3.8, 4) is 28.4 Å². The van der Waals surface area contributed by atoms with E-state index in [1.54, 1.807) is 12.1 Å². The number of para-hydroxylation sites is 2. The van der Waals surface area contributed by atoms with Gasteiger partial charge in [0.05, 0.1) is 31.9 Å². The molecule has 4 aromatic carbocycles. The van der Waals surface area contributed by atoms with Gasteiger partial charge in [0.2, 0.25) is 0 Å². The van der Waals surface area contributed by atoms with Crippen molar-refractivity contribution in [1.29, 1.82) is 0 Å². The van der Waals surface area contributed by atoms with Gasteiger partial charge >= 0.3 is 0 Å². The number of rotatable bonds is 3. The summed E-state index contributed by atoms with van der Waals surface area (Å²) >= 11 is 13.2. The van der Waals surface area contributed by atoms with Gasteiger partial charge in [-0.2, -0.15) is 0 Å². The van der Waals surface area contributed by atoms with Gasteiger partial charge in [0, 0.05) is 28.0 Å². The van der Waals surface area contributed by atoms with E-state index >= 15 is 0 Å². The molecule has 0 saturated heterocycles. The average Bonchev–Trinajstić information content (AvgIpc) is 2.83. The summed E-state index contributed by atoms with van der Waals surface area (Å²) < 4.78 is 6.14. The van der Waals surface area contributed by atoms with Gasteiger partial charge in [-0.1, -0.05) is 59.6 Å². The second-order valence-electron chi connectivity index (χ2n) is 7.96. The molecule has 1 N–H and O–H groups in total. The van der Waals surface area contributed by atoms with Crippen molar-refractivity contribution >= 4 is 50.4 Å². The number of nitrogens with zero attached hydrogens (tertiary/aromatic N) is 1. The van der Waals surface area contributed by atoms with Crippen molar-refractivity contribution in [3.63, 3.8) is 0 Å². The molecular weight excluding hydrogens is 469 g/mol. The minimum absolute atomic E-state index is 0.0282. The molecule has 0 spiro atoms. The lowest BCUT2D eigenvalue weighted by Crippen LogP contribution is -2.12. The quantitative estimate of drug-likeness (QED) is 0.267.